The normalized spacial score (nSPS) is 10.2. The molecule has 2 aromatic rings. The second kappa shape index (κ2) is 9.50. The van der Waals surface area contributed by atoms with Crippen LogP contribution in [0, 0.1) is 6.92 Å². The molecule has 0 saturated heterocycles. The number of hydrogen-bond acceptors (Lipinski definition) is 4. The summed E-state index contributed by atoms with van der Waals surface area (Å²) in [5, 5.41) is 5.89. The number of hydrogen-bond donors (Lipinski definition) is 2. The van der Waals surface area contributed by atoms with Crippen LogP contribution >= 0.6 is 28.1 Å². The zero-order chi connectivity index (χ0) is 18.2. The van der Waals surface area contributed by atoms with E-state index < -0.39 is 0 Å². The second-order valence-electron chi connectivity index (χ2n) is 5.26. The highest BCUT2D eigenvalue weighted by Gasteiger charge is 2.09. The van der Waals surface area contributed by atoms with E-state index in [-0.39, 0.29) is 11.0 Å². The van der Waals surface area contributed by atoms with E-state index in [1.807, 2.05) is 25.1 Å². The number of amides is 1. The van der Waals surface area contributed by atoms with Crippen molar-refractivity contribution in [2.45, 2.75) is 6.92 Å². The van der Waals surface area contributed by atoms with Gasteiger partial charge < -0.3 is 14.8 Å². The zero-order valence-electron chi connectivity index (χ0n) is 14.0. The third kappa shape index (κ3) is 6.12. The largest absolute Gasteiger partial charge is 0.491 e. The first-order valence-corrected chi connectivity index (χ1v) is 8.80. The van der Waals surface area contributed by atoms with E-state index in [1.165, 1.54) is 0 Å². The SMILES string of the molecule is COCCOc1ccc(C(=O)NC(=S)Nc2ccc(C)cc2Br)cc1. The van der Waals surface area contributed by atoms with Gasteiger partial charge in [0.15, 0.2) is 5.11 Å². The van der Waals surface area contributed by atoms with Gasteiger partial charge in [-0.05, 0) is 77.0 Å². The first kappa shape index (κ1) is 19.4. The van der Waals surface area contributed by atoms with E-state index in [9.17, 15) is 4.79 Å². The molecule has 0 radical (unpaired) electrons. The third-order valence-corrected chi connectivity index (χ3v) is 4.13. The predicted molar refractivity (Wildman–Crippen MR) is 106 cm³/mol. The Morgan fingerprint density at radius 2 is 1.88 bits per heavy atom. The van der Waals surface area contributed by atoms with Gasteiger partial charge in [0.05, 0.1) is 12.3 Å². The summed E-state index contributed by atoms with van der Waals surface area (Å²) in [7, 11) is 1.61. The van der Waals surface area contributed by atoms with Crippen LogP contribution in [0.25, 0.3) is 0 Å². The summed E-state index contributed by atoms with van der Waals surface area (Å²) >= 11 is 8.66. The van der Waals surface area contributed by atoms with Crippen molar-refractivity contribution in [1.29, 1.82) is 0 Å². The number of halogens is 1. The zero-order valence-corrected chi connectivity index (χ0v) is 16.4. The Morgan fingerprint density at radius 3 is 2.52 bits per heavy atom. The minimum absolute atomic E-state index is 0.231. The Hall–Kier alpha value is -1.96. The molecule has 2 aromatic carbocycles. The van der Waals surface area contributed by atoms with Crippen LogP contribution in [0.5, 0.6) is 5.75 Å². The number of methoxy groups -OCH3 is 1. The summed E-state index contributed by atoms with van der Waals surface area (Å²) in [5.41, 5.74) is 2.41. The van der Waals surface area contributed by atoms with Crippen molar-refractivity contribution in [3.05, 3.63) is 58.1 Å². The highest BCUT2D eigenvalue weighted by atomic mass is 79.9. The lowest BCUT2D eigenvalue weighted by atomic mass is 10.2. The highest BCUT2D eigenvalue weighted by Crippen LogP contribution is 2.23. The third-order valence-electron chi connectivity index (χ3n) is 3.27. The van der Waals surface area contributed by atoms with Gasteiger partial charge in [0.25, 0.3) is 5.91 Å². The molecule has 2 rings (SSSR count). The molecule has 0 atom stereocenters. The molecule has 132 valence electrons. The van der Waals surface area contributed by atoms with Crippen LogP contribution in [-0.2, 0) is 4.74 Å². The molecular weight excluding hydrogens is 404 g/mol. The average Bonchev–Trinajstić information content (AvgIpc) is 2.58. The Balaban J connectivity index is 1.91. The van der Waals surface area contributed by atoms with Crippen LogP contribution in [0.3, 0.4) is 0 Å². The van der Waals surface area contributed by atoms with Crippen LogP contribution < -0.4 is 15.4 Å². The molecule has 1 amide bonds. The molecule has 0 unspecified atom stereocenters. The molecule has 0 fully saturated rings. The maximum Gasteiger partial charge on any atom is 0.257 e. The second-order valence-corrected chi connectivity index (χ2v) is 6.52. The van der Waals surface area contributed by atoms with Crippen molar-refractivity contribution in [2.75, 3.05) is 25.6 Å². The van der Waals surface area contributed by atoms with Gasteiger partial charge in [0.2, 0.25) is 0 Å². The number of nitrogens with one attached hydrogen (secondary N) is 2. The van der Waals surface area contributed by atoms with Crippen molar-refractivity contribution in [2.24, 2.45) is 0 Å². The first-order valence-electron chi connectivity index (χ1n) is 7.60. The van der Waals surface area contributed by atoms with E-state index in [4.69, 9.17) is 21.7 Å². The van der Waals surface area contributed by atoms with Crippen LogP contribution in [0.15, 0.2) is 46.9 Å². The van der Waals surface area contributed by atoms with E-state index >= 15 is 0 Å². The summed E-state index contributed by atoms with van der Waals surface area (Å²) in [6.45, 7) is 2.97. The lowest BCUT2D eigenvalue weighted by Gasteiger charge is -2.12. The number of aryl methyl sites for hydroxylation is 1. The van der Waals surface area contributed by atoms with E-state index in [0.29, 0.717) is 24.5 Å². The Labute approximate surface area is 160 Å². The van der Waals surface area contributed by atoms with E-state index in [0.717, 1.165) is 15.7 Å². The highest BCUT2D eigenvalue weighted by molar-refractivity contribution is 9.10. The maximum absolute atomic E-state index is 12.2. The van der Waals surface area contributed by atoms with Gasteiger partial charge >= 0.3 is 0 Å². The van der Waals surface area contributed by atoms with Crippen molar-refractivity contribution >= 4 is 44.9 Å². The molecule has 0 heterocycles. The van der Waals surface area contributed by atoms with Crippen molar-refractivity contribution in [3.63, 3.8) is 0 Å². The Bertz CT molecular complexity index is 750. The molecule has 7 heteroatoms. The summed E-state index contributed by atoms with van der Waals surface area (Å²) < 4.78 is 11.3. The van der Waals surface area contributed by atoms with Gasteiger partial charge in [-0.3, -0.25) is 10.1 Å². The van der Waals surface area contributed by atoms with Crippen LogP contribution in [0.2, 0.25) is 0 Å². The number of carbonyl (C=O) groups is 1. The topological polar surface area (TPSA) is 59.6 Å². The predicted octanol–water partition coefficient (Wildman–Crippen LogP) is 3.91. The number of anilines is 1. The number of thiocarbonyl (C=S) groups is 1. The fourth-order valence-electron chi connectivity index (χ4n) is 2.00. The lowest BCUT2D eigenvalue weighted by Crippen LogP contribution is -2.34. The van der Waals surface area contributed by atoms with Gasteiger partial charge in [0, 0.05) is 17.1 Å². The molecule has 2 N–H and O–H groups in total. The molecule has 0 bridgehead atoms. The summed E-state index contributed by atoms with van der Waals surface area (Å²) in [4.78, 5) is 12.2. The number of rotatable bonds is 6. The van der Waals surface area contributed by atoms with Crippen molar-refractivity contribution < 1.29 is 14.3 Å². The Kier molecular flexibility index (Phi) is 7.36. The molecule has 0 saturated carbocycles. The van der Waals surface area contributed by atoms with Crippen LogP contribution in [0.4, 0.5) is 5.69 Å². The summed E-state index contributed by atoms with van der Waals surface area (Å²) in [5.74, 6) is 0.391. The minimum Gasteiger partial charge on any atom is -0.491 e. The molecule has 0 aliphatic heterocycles. The molecule has 0 aliphatic rings. The van der Waals surface area contributed by atoms with Gasteiger partial charge in [0.1, 0.15) is 12.4 Å². The van der Waals surface area contributed by atoms with Crippen LogP contribution in [0.1, 0.15) is 15.9 Å². The first-order chi connectivity index (χ1) is 12.0. The summed E-state index contributed by atoms with van der Waals surface area (Å²) in [6, 6.07) is 12.7. The van der Waals surface area contributed by atoms with Gasteiger partial charge in [-0.25, -0.2) is 0 Å². The van der Waals surface area contributed by atoms with Crippen molar-refractivity contribution in [3.8, 4) is 5.75 Å². The van der Waals surface area contributed by atoms with E-state index in [2.05, 4.69) is 26.6 Å². The maximum atomic E-state index is 12.2. The minimum atomic E-state index is -0.288. The lowest BCUT2D eigenvalue weighted by molar-refractivity contribution is 0.0977. The number of carbonyl (C=O) groups excluding carboxylic acids is 1. The smallest absolute Gasteiger partial charge is 0.257 e. The number of benzene rings is 2. The molecule has 25 heavy (non-hydrogen) atoms. The molecule has 0 aromatic heterocycles. The van der Waals surface area contributed by atoms with Gasteiger partial charge in [-0.15, -0.1) is 0 Å². The fourth-order valence-corrected chi connectivity index (χ4v) is 2.79. The molecule has 0 aliphatic carbocycles. The number of ether oxygens (including phenoxy) is 2. The van der Waals surface area contributed by atoms with Gasteiger partial charge in [-0.2, -0.15) is 0 Å². The van der Waals surface area contributed by atoms with Crippen molar-refractivity contribution in [1.82, 2.24) is 5.32 Å². The monoisotopic (exact) mass is 422 g/mol. The fraction of sp³-hybridized carbons (Fsp3) is 0.222. The van der Waals surface area contributed by atoms with Gasteiger partial charge in [-0.1, -0.05) is 6.07 Å². The standard InChI is InChI=1S/C18H19BrN2O3S/c1-12-3-8-16(15(19)11-12)20-18(25)21-17(22)13-4-6-14(7-5-13)24-10-9-23-2/h3-8,11H,9-10H2,1-2H3,(H2,20,21,22,25). The van der Waals surface area contributed by atoms with E-state index in [1.54, 1.807) is 31.4 Å². The Morgan fingerprint density at radius 1 is 1.16 bits per heavy atom. The molecule has 5 nitrogen and oxygen atoms in total. The molecule has 0 spiro atoms. The summed E-state index contributed by atoms with van der Waals surface area (Å²) in [6.07, 6.45) is 0. The van der Waals surface area contributed by atoms with Crippen LogP contribution in [-0.4, -0.2) is 31.3 Å². The average molecular weight is 423 g/mol. The molecular formula is C18H19BrN2O3S. The quantitative estimate of drug-likeness (QED) is 0.545.